The molecule has 0 amide bonds. The van der Waals surface area contributed by atoms with Crippen LogP contribution in [-0.4, -0.2) is 6.61 Å². The third-order valence-corrected chi connectivity index (χ3v) is 5.68. The van der Waals surface area contributed by atoms with Gasteiger partial charge in [0.05, 0.1) is 12.0 Å². The van der Waals surface area contributed by atoms with Crippen LogP contribution in [-0.2, 0) is 18.3 Å². The van der Waals surface area contributed by atoms with Crippen molar-refractivity contribution >= 4 is 0 Å². The summed E-state index contributed by atoms with van der Waals surface area (Å²) < 4.78 is 32.9. The molecule has 0 spiro atoms. The van der Waals surface area contributed by atoms with Gasteiger partial charge in [-0.2, -0.15) is 0 Å². The average Bonchev–Trinajstić information content (AvgIpc) is 2.78. The molecule has 0 saturated carbocycles. The number of terminal acetylenes is 1. The highest BCUT2D eigenvalue weighted by Crippen LogP contribution is 2.30. The molecule has 0 saturated heterocycles. The number of rotatable bonds is 9. The molecule has 0 bridgehead atoms. The maximum absolute atomic E-state index is 14.3. The van der Waals surface area contributed by atoms with Crippen molar-refractivity contribution in [3.63, 3.8) is 0 Å². The van der Waals surface area contributed by atoms with Crippen molar-refractivity contribution in [1.82, 2.24) is 0 Å². The lowest BCUT2D eigenvalue weighted by molar-refractivity contribution is 0.340. The van der Waals surface area contributed by atoms with E-state index in [2.05, 4.69) is 12.8 Å². The van der Waals surface area contributed by atoms with Crippen LogP contribution < -0.4 is 4.74 Å². The minimum Gasteiger partial charge on any atom is -0.494 e. The molecule has 3 aromatic rings. The monoisotopic (exact) mass is 418 g/mol. The number of hydrogen-bond donors (Lipinski definition) is 0. The van der Waals surface area contributed by atoms with Gasteiger partial charge in [0.25, 0.3) is 0 Å². The van der Waals surface area contributed by atoms with E-state index in [1.165, 1.54) is 18.2 Å². The minimum absolute atomic E-state index is 0.240. The SMILES string of the molecule is C#CC(C)(CCCc1ccc(F)c(Cc2ccc(F)cc2)c1)c1ccc(OCC)cc1. The summed E-state index contributed by atoms with van der Waals surface area (Å²) in [6.07, 6.45) is 8.85. The van der Waals surface area contributed by atoms with Gasteiger partial charge in [-0.05, 0) is 85.7 Å². The third kappa shape index (κ3) is 5.95. The van der Waals surface area contributed by atoms with E-state index in [1.807, 2.05) is 43.3 Å². The van der Waals surface area contributed by atoms with E-state index in [0.29, 0.717) is 18.6 Å². The van der Waals surface area contributed by atoms with Gasteiger partial charge < -0.3 is 4.74 Å². The summed E-state index contributed by atoms with van der Waals surface area (Å²) in [6.45, 7) is 4.67. The van der Waals surface area contributed by atoms with E-state index in [-0.39, 0.29) is 17.0 Å². The van der Waals surface area contributed by atoms with Crippen molar-refractivity contribution in [3.8, 4) is 18.1 Å². The first-order chi connectivity index (χ1) is 14.9. The van der Waals surface area contributed by atoms with Crippen LogP contribution in [0.15, 0.2) is 66.7 Å². The predicted octanol–water partition coefficient (Wildman–Crippen LogP) is 6.87. The molecule has 0 N–H and O–H groups in total. The largest absolute Gasteiger partial charge is 0.494 e. The Bertz CT molecular complexity index is 1030. The van der Waals surface area contributed by atoms with E-state index in [9.17, 15) is 8.78 Å². The Morgan fingerprint density at radius 1 is 0.935 bits per heavy atom. The molecule has 0 radical (unpaired) electrons. The van der Waals surface area contributed by atoms with Gasteiger partial charge in [-0.25, -0.2) is 8.78 Å². The number of ether oxygens (including phenoxy) is 1. The predicted molar refractivity (Wildman–Crippen MR) is 122 cm³/mol. The van der Waals surface area contributed by atoms with Crippen molar-refractivity contribution in [1.29, 1.82) is 0 Å². The molecule has 3 heteroatoms. The Balaban J connectivity index is 1.64. The molecule has 0 heterocycles. The standard InChI is InChI=1S/C28H28F2O/c1-4-28(3,24-11-15-26(16-12-24)31-5-2)18-6-7-21-10-17-27(30)23(19-21)20-22-8-13-25(29)14-9-22/h1,8-17,19H,5-7,18,20H2,2-3H3. The molecule has 0 aliphatic carbocycles. The van der Waals surface area contributed by atoms with Crippen molar-refractivity contribution in [2.45, 2.75) is 44.9 Å². The lowest BCUT2D eigenvalue weighted by atomic mass is 9.78. The summed E-state index contributed by atoms with van der Waals surface area (Å²) in [4.78, 5) is 0. The molecule has 0 aliphatic heterocycles. The Labute approximate surface area is 184 Å². The van der Waals surface area contributed by atoms with Crippen LogP contribution in [0.2, 0.25) is 0 Å². The van der Waals surface area contributed by atoms with Crippen LogP contribution in [0.3, 0.4) is 0 Å². The first-order valence-electron chi connectivity index (χ1n) is 10.7. The van der Waals surface area contributed by atoms with Crippen LogP contribution in [0.25, 0.3) is 0 Å². The van der Waals surface area contributed by atoms with Gasteiger partial charge in [0.2, 0.25) is 0 Å². The number of benzene rings is 3. The fourth-order valence-corrected chi connectivity index (χ4v) is 3.77. The second-order valence-corrected chi connectivity index (χ2v) is 8.02. The van der Waals surface area contributed by atoms with Gasteiger partial charge >= 0.3 is 0 Å². The number of halogens is 2. The normalized spacial score (nSPS) is 12.7. The maximum atomic E-state index is 14.3. The number of hydrogen-bond acceptors (Lipinski definition) is 1. The molecule has 1 unspecified atom stereocenters. The fourth-order valence-electron chi connectivity index (χ4n) is 3.77. The molecule has 160 valence electrons. The van der Waals surface area contributed by atoms with E-state index in [1.54, 1.807) is 12.1 Å². The van der Waals surface area contributed by atoms with Crippen molar-refractivity contribution in [3.05, 3.63) is 101 Å². The Kier molecular flexibility index (Phi) is 7.47. The Morgan fingerprint density at radius 2 is 1.61 bits per heavy atom. The lowest BCUT2D eigenvalue weighted by Gasteiger charge is -2.24. The van der Waals surface area contributed by atoms with Gasteiger partial charge in [0.15, 0.2) is 0 Å². The van der Waals surface area contributed by atoms with Gasteiger partial charge in [-0.1, -0.05) is 42.3 Å². The zero-order valence-corrected chi connectivity index (χ0v) is 18.1. The molecule has 31 heavy (non-hydrogen) atoms. The molecular formula is C28H28F2O. The van der Waals surface area contributed by atoms with Crippen molar-refractivity contribution in [2.24, 2.45) is 0 Å². The van der Waals surface area contributed by atoms with Gasteiger partial charge in [0, 0.05) is 6.42 Å². The number of aryl methyl sites for hydroxylation is 1. The highest BCUT2D eigenvalue weighted by molar-refractivity contribution is 5.37. The van der Waals surface area contributed by atoms with Gasteiger partial charge in [-0.15, -0.1) is 6.42 Å². The average molecular weight is 419 g/mol. The first kappa shape index (κ1) is 22.6. The van der Waals surface area contributed by atoms with Gasteiger partial charge in [0.1, 0.15) is 17.4 Å². The smallest absolute Gasteiger partial charge is 0.126 e. The second-order valence-electron chi connectivity index (χ2n) is 8.02. The molecule has 3 rings (SSSR count). The first-order valence-corrected chi connectivity index (χ1v) is 10.7. The summed E-state index contributed by atoms with van der Waals surface area (Å²) in [5, 5.41) is 0. The van der Waals surface area contributed by atoms with Crippen molar-refractivity contribution in [2.75, 3.05) is 6.61 Å². The third-order valence-electron chi connectivity index (χ3n) is 5.68. The fraction of sp³-hybridized carbons (Fsp3) is 0.286. The summed E-state index contributed by atoms with van der Waals surface area (Å²) in [5.74, 6) is 3.27. The molecular weight excluding hydrogens is 390 g/mol. The van der Waals surface area contributed by atoms with Crippen LogP contribution in [0, 0.1) is 24.0 Å². The van der Waals surface area contributed by atoms with Crippen molar-refractivity contribution < 1.29 is 13.5 Å². The molecule has 0 aliphatic rings. The summed E-state index contributed by atoms with van der Waals surface area (Å²) in [7, 11) is 0. The molecule has 3 aromatic carbocycles. The second kappa shape index (κ2) is 10.3. The van der Waals surface area contributed by atoms with E-state index < -0.39 is 0 Å². The van der Waals surface area contributed by atoms with E-state index in [0.717, 1.165) is 41.7 Å². The van der Waals surface area contributed by atoms with Crippen LogP contribution in [0.1, 0.15) is 48.9 Å². The van der Waals surface area contributed by atoms with Crippen LogP contribution in [0.5, 0.6) is 5.75 Å². The lowest BCUT2D eigenvalue weighted by Crippen LogP contribution is -2.19. The molecule has 1 nitrogen and oxygen atoms in total. The highest BCUT2D eigenvalue weighted by atomic mass is 19.1. The Hall–Kier alpha value is -3.12. The maximum Gasteiger partial charge on any atom is 0.126 e. The van der Waals surface area contributed by atoms with Crippen LogP contribution >= 0.6 is 0 Å². The summed E-state index contributed by atoms with van der Waals surface area (Å²) in [5.41, 5.74) is 3.30. The quantitative estimate of drug-likeness (QED) is 0.345. The minimum atomic E-state index is -0.373. The molecule has 0 aromatic heterocycles. The zero-order chi connectivity index (χ0) is 22.3. The molecule has 1 atom stereocenters. The summed E-state index contributed by atoms with van der Waals surface area (Å²) >= 11 is 0. The van der Waals surface area contributed by atoms with E-state index >= 15 is 0 Å². The van der Waals surface area contributed by atoms with E-state index in [4.69, 9.17) is 11.2 Å². The highest BCUT2D eigenvalue weighted by Gasteiger charge is 2.23. The zero-order valence-electron chi connectivity index (χ0n) is 18.1. The Morgan fingerprint density at radius 3 is 2.26 bits per heavy atom. The van der Waals surface area contributed by atoms with Crippen LogP contribution in [0.4, 0.5) is 8.78 Å². The summed E-state index contributed by atoms with van der Waals surface area (Å²) in [6, 6.07) is 19.4. The molecule has 0 fully saturated rings. The van der Waals surface area contributed by atoms with Gasteiger partial charge in [-0.3, -0.25) is 0 Å². The topological polar surface area (TPSA) is 9.23 Å².